The van der Waals surface area contributed by atoms with E-state index < -0.39 is 0 Å². The lowest BCUT2D eigenvalue weighted by Crippen LogP contribution is -2.16. The van der Waals surface area contributed by atoms with Crippen molar-refractivity contribution in [3.63, 3.8) is 0 Å². The summed E-state index contributed by atoms with van der Waals surface area (Å²) in [5, 5.41) is 0. The number of nitrogens with zero attached hydrogens (tertiary/aromatic N) is 1. The maximum atomic E-state index is 2.42. The zero-order chi connectivity index (χ0) is 7.42. The van der Waals surface area contributed by atoms with Crippen LogP contribution in [0.25, 0.3) is 0 Å². The van der Waals surface area contributed by atoms with E-state index in [-0.39, 0.29) is 0 Å². The molecule has 0 amide bonds. The number of anilines is 1. The molecule has 0 spiro atoms. The van der Waals surface area contributed by atoms with Gasteiger partial charge in [0, 0.05) is 24.7 Å². The van der Waals surface area contributed by atoms with E-state index in [1.54, 1.807) is 5.56 Å². The molecule has 1 heterocycles. The molecule has 0 saturated heterocycles. The van der Waals surface area contributed by atoms with E-state index in [1.807, 2.05) is 0 Å². The van der Waals surface area contributed by atoms with E-state index >= 15 is 0 Å². The molecule has 2 atom stereocenters. The Kier molecular flexibility index (Phi) is 0.823. The van der Waals surface area contributed by atoms with E-state index in [9.17, 15) is 0 Å². The third kappa shape index (κ3) is 0.566. The van der Waals surface area contributed by atoms with Crippen LogP contribution in [-0.4, -0.2) is 13.1 Å². The van der Waals surface area contributed by atoms with Crippen LogP contribution in [0.1, 0.15) is 17.9 Å². The first-order valence-corrected chi connectivity index (χ1v) is 4.19. The average Bonchev–Trinajstić information content (AvgIpc) is 2.78. The zero-order valence-corrected chi connectivity index (χ0v) is 6.62. The van der Waals surface area contributed by atoms with Crippen molar-refractivity contribution in [2.75, 3.05) is 11.9 Å². The molecule has 3 rings (SSSR count). The molecular weight excluding hydrogens is 134 g/mol. The van der Waals surface area contributed by atoms with Crippen molar-refractivity contribution in [1.29, 1.82) is 0 Å². The largest absolute Gasteiger partial charge is 0.371 e. The van der Waals surface area contributed by atoms with Crippen molar-refractivity contribution >= 4 is 5.69 Å². The molecule has 0 aromatic heterocycles. The smallest absolute Gasteiger partial charge is 0.0402 e. The lowest BCUT2D eigenvalue weighted by Gasteiger charge is -2.14. The number of hydrogen-bond acceptors (Lipinski definition) is 1. The normalized spacial score (nSPS) is 31.5. The van der Waals surface area contributed by atoms with Crippen molar-refractivity contribution < 1.29 is 0 Å². The van der Waals surface area contributed by atoms with E-state index in [1.165, 1.54) is 12.1 Å². The fourth-order valence-corrected chi connectivity index (χ4v) is 2.24. The van der Waals surface area contributed by atoms with Crippen LogP contribution in [0.3, 0.4) is 0 Å². The summed E-state index contributed by atoms with van der Waals surface area (Å²) in [7, 11) is 2.20. The Hall–Kier alpha value is -0.980. The Morgan fingerprint density at radius 3 is 3.00 bits per heavy atom. The highest BCUT2D eigenvalue weighted by atomic mass is 15.2. The minimum Gasteiger partial charge on any atom is -0.371 e. The monoisotopic (exact) mass is 145 g/mol. The summed E-state index contributed by atoms with van der Waals surface area (Å²) in [6.07, 6.45) is 1.38. The maximum Gasteiger partial charge on any atom is 0.0402 e. The van der Waals surface area contributed by atoms with Gasteiger partial charge in [0.1, 0.15) is 0 Å². The molecule has 1 nitrogen and oxygen atoms in total. The standard InChI is InChI=1S/C10H11N/c1-11-9-5-3-2-4-7(9)8-6-10(8)11/h2-5,8,10H,6H2,1H3/t8?,10-/m1/s1. The van der Waals surface area contributed by atoms with Crippen LogP contribution >= 0.6 is 0 Å². The van der Waals surface area contributed by atoms with Gasteiger partial charge in [0.05, 0.1) is 0 Å². The number of para-hydroxylation sites is 1. The number of likely N-dealkylation sites (N-methyl/N-ethyl adjacent to an activating group) is 1. The van der Waals surface area contributed by atoms with Gasteiger partial charge in [0.15, 0.2) is 0 Å². The highest BCUT2D eigenvalue weighted by Gasteiger charge is 2.48. The molecule has 11 heavy (non-hydrogen) atoms. The molecular formula is C10H11N. The van der Waals surface area contributed by atoms with Crippen LogP contribution in [0.15, 0.2) is 24.3 Å². The molecule has 1 aliphatic heterocycles. The molecule has 0 radical (unpaired) electrons. The third-order valence-corrected chi connectivity index (χ3v) is 2.97. The highest BCUT2D eigenvalue weighted by Crippen LogP contribution is 2.54. The van der Waals surface area contributed by atoms with E-state index in [4.69, 9.17) is 0 Å². The Labute approximate surface area is 66.6 Å². The number of fused-ring (bicyclic) bond motifs is 3. The molecule has 1 aromatic rings. The summed E-state index contributed by atoms with van der Waals surface area (Å²) in [5.41, 5.74) is 3.02. The summed E-state index contributed by atoms with van der Waals surface area (Å²) in [6.45, 7) is 0. The van der Waals surface area contributed by atoms with Gasteiger partial charge < -0.3 is 4.90 Å². The van der Waals surface area contributed by atoms with Crippen LogP contribution < -0.4 is 4.90 Å². The Morgan fingerprint density at radius 2 is 2.18 bits per heavy atom. The molecule has 1 saturated carbocycles. The summed E-state index contributed by atoms with van der Waals surface area (Å²) in [4.78, 5) is 2.42. The third-order valence-electron chi connectivity index (χ3n) is 2.97. The summed E-state index contributed by atoms with van der Waals surface area (Å²) in [5.74, 6) is 0.871. The first kappa shape index (κ1) is 5.64. The molecule has 2 aliphatic rings. The predicted molar refractivity (Wildman–Crippen MR) is 46.0 cm³/mol. The molecule has 1 aliphatic carbocycles. The van der Waals surface area contributed by atoms with Gasteiger partial charge in [-0.25, -0.2) is 0 Å². The fourth-order valence-electron chi connectivity index (χ4n) is 2.24. The van der Waals surface area contributed by atoms with Crippen molar-refractivity contribution in [1.82, 2.24) is 0 Å². The first-order chi connectivity index (χ1) is 5.38. The van der Waals surface area contributed by atoms with Gasteiger partial charge in [-0.05, 0) is 18.1 Å². The Morgan fingerprint density at radius 1 is 1.36 bits per heavy atom. The number of hydrogen-bond donors (Lipinski definition) is 0. The van der Waals surface area contributed by atoms with Gasteiger partial charge in [-0.1, -0.05) is 18.2 Å². The van der Waals surface area contributed by atoms with Crippen LogP contribution in [-0.2, 0) is 0 Å². The van der Waals surface area contributed by atoms with E-state index in [0.717, 1.165) is 12.0 Å². The van der Waals surface area contributed by atoms with Crippen molar-refractivity contribution in [3.8, 4) is 0 Å². The fraction of sp³-hybridized carbons (Fsp3) is 0.400. The van der Waals surface area contributed by atoms with Crippen LogP contribution in [0.2, 0.25) is 0 Å². The van der Waals surface area contributed by atoms with Crippen LogP contribution in [0.5, 0.6) is 0 Å². The number of rotatable bonds is 0. The molecule has 0 N–H and O–H groups in total. The van der Waals surface area contributed by atoms with Crippen molar-refractivity contribution in [2.24, 2.45) is 0 Å². The number of benzene rings is 1. The topological polar surface area (TPSA) is 3.24 Å². The second-order valence-corrected chi connectivity index (χ2v) is 3.58. The predicted octanol–water partition coefficient (Wildman–Crippen LogP) is 1.99. The first-order valence-electron chi connectivity index (χ1n) is 4.19. The van der Waals surface area contributed by atoms with Gasteiger partial charge in [0.2, 0.25) is 0 Å². The Balaban J connectivity index is 2.22. The highest BCUT2D eigenvalue weighted by molar-refractivity contribution is 5.65. The van der Waals surface area contributed by atoms with Crippen LogP contribution in [0, 0.1) is 0 Å². The average molecular weight is 145 g/mol. The molecule has 56 valence electrons. The lowest BCUT2D eigenvalue weighted by atomic mass is 10.1. The summed E-state index contributed by atoms with van der Waals surface area (Å²) >= 11 is 0. The second kappa shape index (κ2) is 1.60. The lowest BCUT2D eigenvalue weighted by molar-refractivity contribution is 0.937. The van der Waals surface area contributed by atoms with Gasteiger partial charge in [0.25, 0.3) is 0 Å². The second-order valence-electron chi connectivity index (χ2n) is 3.58. The SMILES string of the molecule is CN1c2ccccc2C2C[C@H]21. The van der Waals surface area contributed by atoms with Crippen molar-refractivity contribution in [2.45, 2.75) is 18.4 Å². The molecule has 1 aromatic carbocycles. The van der Waals surface area contributed by atoms with Crippen LogP contribution in [0.4, 0.5) is 5.69 Å². The van der Waals surface area contributed by atoms with Gasteiger partial charge >= 0.3 is 0 Å². The quantitative estimate of drug-likeness (QED) is 0.539. The minimum absolute atomic E-state index is 0.840. The summed E-state index contributed by atoms with van der Waals surface area (Å²) < 4.78 is 0. The molecule has 1 unspecified atom stereocenters. The summed E-state index contributed by atoms with van der Waals surface area (Å²) in [6, 6.07) is 9.60. The zero-order valence-electron chi connectivity index (χ0n) is 6.62. The van der Waals surface area contributed by atoms with E-state index in [0.29, 0.717) is 0 Å². The van der Waals surface area contributed by atoms with Crippen molar-refractivity contribution in [3.05, 3.63) is 29.8 Å². The molecule has 0 bridgehead atoms. The Bertz CT molecular complexity index is 290. The van der Waals surface area contributed by atoms with E-state index in [2.05, 4.69) is 36.2 Å². The van der Waals surface area contributed by atoms with Gasteiger partial charge in [-0.2, -0.15) is 0 Å². The minimum atomic E-state index is 0.840. The maximum absolute atomic E-state index is 2.42. The molecule has 1 heteroatoms. The molecule has 1 fully saturated rings. The van der Waals surface area contributed by atoms with Gasteiger partial charge in [-0.15, -0.1) is 0 Å². The van der Waals surface area contributed by atoms with Gasteiger partial charge in [-0.3, -0.25) is 0 Å².